The van der Waals surface area contributed by atoms with Crippen molar-refractivity contribution in [2.24, 2.45) is 0 Å². The van der Waals surface area contributed by atoms with Crippen LogP contribution in [0, 0.1) is 10.5 Å². The van der Waals surface area contributed by atoms with E-state index in [1.807, 2.05) is 37.3 Å². The molecule has 0 aliphatic heterocycles. The van der Waals surface area contributed by atoms with E-state index in [9.17, 15) is 0 Å². The Morgan fingerprint density at radius 1 is 1.11 bits per heavy atom. The number of aromatic nitrogens is 3. The molecule has 0 saturated heterocycles. The minimum Gasteiger partial charge on any atom is -0.255 e. The predicted octanol–water partition coefficient (Wildman–Crippen LogP) is 4.26. The van der Waals surface area contributed by atoms with Crippen molar-refractivity contribution in [3.8, 4) is 11.4 Å². The van der Waals surface area contributed by atoms with Crippen LogP contribution in [0.2, 0.25) is 5.15 Å². The average Bonchev–Trinajstić information content (AvgIpc) is 2.43. The first-order valence-corrected chi connectivity index (χ1v) is 7.16. The molecule has 19 heavy (non-hydrogen) atoms. The van der Waals surface area contributed by atoms with E-state index in [4.69, 9.17) is 11.6 Å². The van der Waals surface area contributed by atoms with Crippen molar-refractivity contribution in [1.82, 2.24) is 15.0 Å². The van der Waals surface area contributed by atoms with Gasteiger partial charge in [-0.1, -0.05) is 29.8 Å². The van der Waals surface area contributed by atoms with Gasteiger partial charge in [0.05, 0.1) is 14.8 Å². The van der Waals surface area contributed by atoms with Crippen LogP contribution in [0.25, 0.3) is 22.3 Å². The molecular formula is C14H9ClIN3. The SMILES string of the molecule is Cc1nc(-c2cccc3cccnc23)nc(Cl)c1I. The summed E-state index contributed by atoms with van der Waals surface area (Å²) in [6.07, 6.45) is 1.77. The second-order valence-electron chi connectivity index (χ2n) is 4.12. The van der Waals surface area contributed by atoms with Crippen LogP contribution in [0.3, 0.4) is 0 Å². The summed E-state index contributed by atoms with van der Waals surface area (Å²) in [4.78, 5) is 13.3. The molecule has 0 saturated carbocycles. The highest BCUT2D eigenvalue weighted by molar-refractivity contribution is 14.1. The molecule has 94 valence electrons. The summed E-state index contributed by atoms with van der Waals surface area (Å²) >= 11 is 8.29. The predicted molar refractivity (Wildman–Crippen MR) is 85.2 cm³/mol. The molecule has 0 fully saturated rings. The molecule has 0 aliphatic carbocycles. The van der Waals surface area contributed by atoms with Crippen molar-refractivity contribution in [3.05, 3.63) is 50.9 Å². The quantitative estimate of drug-likeness (QED) is 0.467. The number of hydrogen-bond donors (Lipinski definition) is 0. The summed E-state index contributed by atoms with van der Waals surface area (Å²) in [6, 6.07) is 9.90. The Bertz CT molecular complexity index is 745. The first kappa shape index (κ1) is 12.7. The zero-order valence-corrected chi connectivity index (χ0v) is 13.0. The number of hydrogen-bond acceptors (Lipinski definition) is 3. The average molecular weight is 382 g/mol. The highest BCUT2D eigenvalue weighted by Crippen LogP contribution is 2.27. The van der Waals surface area contributed by atoms with Crippen molar-refractivity contribution in [1.29, 1.82) is 0 Å². The maximum Gasteiger partial charge on any atom is 0.163 e. The summed E-state index contributed by atoms with van der Waals surface area (Å²) in [5.41, 5.74) is 2.67. The van der Waals surface area contributed by atoms with Crippen molar-refractivity contribution >= 4 is 45.1 Å². The maximum atomic E-state index is 6.14. The van der Waals surface area contributed by atoms with Crippen LogP contribution in [-0.2, 0) is 0 Å². The van der Waals surface area contributed by atoms with Crippen LogP contribution in [0.4, 0.5) is 0 Å². The summed E-state index contributed by atoms with van der Waals surface area (Å²) in [7, 11) is 0. The Morgan fingerprint density at radius 3 is 2.68 bits per heavy atom. The lowest BCUT2D eigenvalue weighted by Gasteiger charge is -2.07. The largest absolute Gasteiger partial charge is 0.255 e. The van der Waals surface area contributed by atoms with Crippen LogP contribution >= 0.6 is 34.2 Å². The maximum absolute atomic E-state index is 6.14. The van der Waals surface area contributed by atoms with Crippen LogP contribution in [0.15, 0.2) is 36.5 Å². The molecule has 1 aromatic carbocycles. The van der Waals surface area contributed by atoms with Gasteiger partial charge in [0.25, 0.3) is 0 Å². The molecule has 2 heterocycles. The van der Waals surface area contributed by atoms with Gasteiger partial charge in [-0.25, -0.2) is 9.97 Å². The van der Waals surface area contributed by atoms with Gasteiger partial charge in [0.15, 0.2) is 5.82 Å². The van der Waals surface area contributed by atoms with Crippen LogP contribution in [-0.4, -0.2) is 15.0 Å². The first-order valence-electron chi connectivity index (χ1n) is 5.70. The highest BCUT2D eigenvalue weighted by Gasteiger charge is 2.11. The summed E-state index contributed by atoms with van der Waals surface area (Å²) < 4.78 is 0.885. The van der Waals surface area contributed by atoms with E-state index in [1.54, 1.807) is 6.20 Å². The lowest BCUT2D eigenvalue weighted by molar-refractivity contribution is 1.09. The monoisotopic (exact) mass is 381 g/mol. The van der Waals surface area contributed by atoms with E-state index < -0.39 is 0 Å². The van der Waals surface area contributed by atoms with Gasteiger partial charge < -0.3 is 0 Å². The minimum atomic E-state index is 0.482. The molecule has 3 rings (SSSR count). The van der Waals surface area contributed by atoms with Gasteiger partial charge in [-0.05, 0) is 41.6 Å². The Balaban J connectivity index is 2.31. The third-order valence-electron chi connectivity index (χ3n) is 2.85. The van der Waals surface area contributed by atoms with E-state index >= 15 is 0 Å². The van der Waals surface area contributed by atoms with Crippen molar-refractivity contribution in [3.63, 3.8) is 0 Å². The Labute approximate surface area is 129 Å². The molecular weight excluding hydrogens is 373 g/mol. The normalized spacial score (nSPS) is 10.9. The van der Waals surface area contributed by atoms with E-state index in [2.05, 4.69) is 37.5 Å². The number of pyridine rings is 1. The number of aryl methyl sites for hydroxylation is 1. The molecule has 2 aromatic heterocycles. The van der Waals surface area contributed by atoms with Gasteiger partial charge in [-0.15, -0.1) is 0 Å². The van der Waals surface area contributed by atoms with Gasteiger partial charge >= 0.3 is 0 Å². The van der Waals surface area contributed by atoms with Gasteiger partial charge in [0, 0.05) is 17.1 Å². The lowest BCUT2D eigenvalue weighted by atomic mass is 10.1. The van der Waals surface area contributed by atoms with E-state index in [0.29, 0.717) is 11.0 Å². The first-order chi connectivity index (χ1) is 9.16. The van der Waals surface area contributed by atoms with E-state index in [1.165, 1.54) is 0 Å². The van der Waals surface area contributed by atoms with Crippen molar-refractivity contribution in [2.75, 3.05) is 0 Å². The molecule has 0 bridgehead atoms. The molecule has 0 amide bonds. The zero-order valence-electron chi connectivity index (χ0n) is 10.1. The minimum absolute atomic E-state index is 0.482. The van der Waals surface area contributed by atoms with Crippen molar-refractivity contribution < 1.29 is 0 Å². The molecule has 0 atom stereocenters. The van der Waals surface area contributed by atoms with Crippen LogP contribution in [0.5, 0.6) is 0 Å². The molecule has 0 N–H and O–H groups in total. The number of rotatable bonds is 1. The molecule has 0 aliphatic rings. The van der Waals surface area contributed by atoms with Gasteiger partial charge in [-0.3, -0.25) is 4.98 Å². The summed E-state index contributed by atoms with van der Waals surface area (Å²) in [5, 5.41) is 1.55. The standard InChI is InChI=1S/C14H9ClIN3/c1-8-11(16)13(15)19-14(18-8)10-6-2-4-9-5-3-7-17-12(9)10/h2-7H,1H3. The number of para-hydroxylation sites is 1. The number of fused-ring (bicyclic) bond motifs is 1. The molecule has 3 aromatic rings. The number of nitrogens with zero attached hydrogens (tertiary/aromatic N) is 3. The Morgan fingerprint density at radius 2 is 1.89 bits per heavy atom. The van der Waals surface area contributed by atoms with Crippen molar-refractivity contribution in [2.45, 2.75) is 6.92 Å². The third-order valence-corrected chi connectivity index (χ3v) is 4.73. The lowest BCUT2D eigenvalue weighted by Crippen LogP contribution is -1.97. The Kier molecular flexibility index (Phi) is 3.36. The van der Waals surface area contributed by atoms with Gasteiger partial charge in [0.2, 0.25) is 0 Å². The summed E-state index contributed by atoms with van der Waals surface area (Å²) in [5.74, 6) is 0.618. The molecule has 5 heteroatoms. The molecule has 0 radical (unpaired) electrons. The fourth-order valence-corrected chi connectivity index (χ4v) is 2.39. The molecule has 0 unspecified atom stereocenters. The smallest absolute Gasteiger partial charge is 0.163 e. The van der Waals surface area contributed by atoms with Gasteiger partial charge in [-0.2, -0.15) is 0 Å². The van der Waals surface area contributed by atoms with Crippen LogP contribution in [0.1, 0.15) is 5.69 Å². The van der Waals surface area contributed by atoms with E-state index in [0.717, 1.165) is 25.7 Å². The number of halogens is 2. The zero-order chi connectivity index (χ0) is 13.4. The summed E-state index contributed by atoms with van der Waals surface area (Å²) in [6.45, 7) is 1.93. The fraction of sp³-hybridized carbons (Fsp3) is 0.0714. The third kappa shape index (κ3) is 2.30. The molecule has 0 spiro atoms. The van der Waals surface area contributed by atoms with Crippen LogP contribution < -0.4 is 0 Å². The topological polar surface area (TPSA) is 38.7 Å². The fourth-order valence-electron chi connectivity index (χ4n) is 1.93. The second-order valence-corrected chi connectivity index (χ2v) is 5.55. The highest BCUT2D eigenvalue weighted by atomic mass is 127. The number of benzene rings is 1. The Hall–Kier alpha value is -1.27. The molecule has 3 nitrogen and oxygen atoms in total. The second kappa shape index (κ2) is 5.02. The van der Waals surface area contributed by atoms with Gasteiger partial charge in [0.1, 0.15) is 5.15 Å². The van der Waals surface area contributed by atoms with E-state index in [-0.39, 0.29) is 0 Å².